The zero-order valence-electron chi connectivity index (χ0n) is 11.7. The maximum atomic E-state index is 12.7. The lowest BCUT2D eigenvalue weighted by Crippen LogP contribution is -2.50. The van der Waals surface area contributed by atoms with Crippen LogP contribution in [0.4, 0.5) is 0 Å². The number of carbonyl (C=O) groups is 1. The molecule has 2 aliphatic heterocycles. The number of nitrogens with one attached hydrogen (secondary N) is 1. The van der Waals surface area contributed by atoms with Crippen molar-refractivity contribution in [1.29, 1.82) is 0 Å². The molecule has 0 spiro atoms. The van der Waals surface area contributed by atoms with Crippen molar-refractivity contribution in [3.8, 4) is 0 Å². The third kappa shape index (κ3) is 2.74. The summed E-state index contributed by atoms with van der Waals surface area (Å²) in [4.78, 5) is 12.7. The number of piperidine rings is 2. The maximum Gasteiger partial charge on any atom is 0.166 e. The minimum Gasteiger partial charge on any atom is -0.311 e. The molecule has 1 aromatic rings. The second-order valence-electron chi connectivity index (χ2n) is 6.08. The lowest BCUT2D eigenvalue weighted by Gasteiger charge is -2.39. The predicted octanol–water partition coefficient (Wildman–Crippen LogP) is 3.35. The molecule has 0 saturated carbocycles. The highest BCUT2D eigenvalue weighted by Gasteiger charge is 2.34. The van der Waals surface area contributed by atoms with Crippen LogP contribution in [0.15, 0.2) is 24.3 Å². The van der Waals surface area contributed by atoms with Crippen molar-refractivity contribution in [2.24, 2.45) is 5.92 Å². The molecule has 2 heteroatoms. The molecule has 2 unspecified atom stereocenters. The van der Waals surface area contributed by atoms with Gasteiger partial charge in [0.25, 0.3) is 0 Å². The molecule has 2 atom stereocenters. The van der Waals surface area contributed by atoms with Crippen LogP contribution in [-0.2, 0) is 6.42 Å². The van der Waals surface area contributed by atoms with E-state index in [1.807, 2.05) is 12.1 Å². The van der Waals surface area contributed by atoms with Gasteiger partial charge in [0, 0.05) is 23.6 Å². The number of benzene rings is 1. The van der Waals surface area contributed by atoms with E-state index in [1.165, 1.54) is 24.8 Å². The second-order valence-corrected chi connectivity index (χ2v) is 6.08. The summed E-state index contributed by atoms with van der Waals surface area (Å²) in [5.41, 5.74) is 2.18. The van der Waals surface area contributed by atoms with Crippen molar-refractivity contribution in [2.75, 3.05) is 0 Å². The number of fused-ring (bicyclic) bond motifs is 2. The summed E-state index contributed by atoms with van der Waals surface area (Å²) in [6.07, 6.45) is 6.88. The number of ketones is 1. The molecule has 1 aromatic carbocycles. The third-order valence-electron chi connectivity index (χ3n) is 4.71. The van der Waals surface area contributed by atoms with Crippen molar-refractivity contribution in [2.45, 2.75) is 57.5 Å². The molecule has 0 radical (unpaired) electrons. The summed E-state index contributed by atoms with van der Waals surface area (Å²) in [6.45, 7) is 2.14. The van der Waals surface area contributed by atoms with Crippen molar-refractivity contribution in [3.63, 3.8) is 0 Å². The SMILES string of the molecule is CCc1cccc(C(=O)C2CC3CCCC(C2)N3)c1. The van der Waals surface area contributed by atoms with Gasteiger partial charge in [0.2, 0.25) is 0 Å². The molecule has 2 saturated heterocycles. The monoisotopic (exact) mass is 257 g/mol. The Morgan fingerprint density at radius 2 is 2.00 bits per heavy atom. The first kappa shape index (κ1) is 12.9. The van der Waals surface area contributed by atoms with Crippen molar-refractivity contribution < 1.29 is 4.79 Å². The van der Waals surface area contributed by atoms with Gasteiger partial charge in [-0.1, -0.05) is 31.5 Å². The Balaban J connectivity index is 1.76. The zero-order valence-corrected chi connectivity index (χ0v) is 11.7. The van der Waals surface area contributed by atoms with E-state index in [9.17, 15) is 4.79 Å². The molecule has 2 fully saturated rings. The van der Waals surface area contributed by atoms with Gasteiger partial charge in [-0.25, -0.2) is 0 Å². The van der Waals surface area contributed by atoms with E-state index in [0.29, 0.717) is 17.9 Å². The average molecular weight is 257 g/mol. The lowest BCUT2D eigenvalue weighted by molar-refractivity contribution is 0.0825. The Kier molecular flexibility index (Phi) is 3.69. The van der Waals surface area contributed by atoms with Gasteiger partial charge < -0.3 is 5.32 Å². The number of hydrogen-bond acceptors (Lipinski definition) is 2. The Bertz CT molecular complexity index is 456. The first-order valence-electron chi connectivity index (χ1n) is 7.65. The van der Waals surface area contributed by atoms with Crippen molar-refractivity contribution in [3.05, 3.63) is 35.4 Å². The molecule has 0 aromatic heterocycles. The van der Waals surface area contributed by atoms with Crippen LogP contribution in [0.3, 0.4) is 0 Å². The van der Waals surface area contributed by atoms with Crippen LogP contribution < -0.4 is 5.32 Å². The van der Waals surface area contributed by atoms with Crippen LogP contribution in [0.5, 0.6) is 0 Å². The summed E-state index contributed by atoms with van der Waals surface area (Å²) in [5.74, 6) is 0.609. The van der Waals surface area contributed by atoms with Gasteiger partial charge in [0.15, 0.2) is 5.78 Å². The van der Waals surface area contributed by atoms with Crippen molar-refractivity contribution in [1.82, 2.24) is 5.32 Å². The molecule has 3 rings (SSSR count). The van der Waals surface area contributed by atoms with Crippen LogP contribution in [0, 0.1) is 5.92 Å². The molecular formula is C17H23NO. The molecule has 2 bridgehead atoms. The molecule has 2 aliphatic rings. The Morgan fingerprint density at radius 3 is 2.68 bits per heavy atom. The second kappa shape index (κ2) is 5.46. The topological polar surface area (TPSA) is 29.1 Å². The highest BCUT2D eigenvalue weighted by Crippen LogP contribution is 2.31. The highest BCUT2D eigenvalue weighted by molar-refractivity contribution is 5.98. The van der Waals surface area contributed by atoms with Gasteiger partial charge in [-0.05, 0) is 43.7 Å². The molecule has 0 amide bonds. The summed E-state index contributed by atoms with van der Waals surface area (Å²) in [7, 11) is 0. The van der Waals surface area contributed by atoms with E-state index in [2.05, 4.69) is 24.4 Å². The molecule has 1 N–H and O–H groups in total. The van der Waals surface area contributed by atoms with E-state index in [0.717, 1.165) is 24.8 Å². The molecule has 2 nitrogen and oxygen atoms in total. The third-order valence-corrected chi connectivity index (χ3v) is 4.71. The quantitative estimate of drug-likeness (QED) is 0.841. The Hall–Kier alpha value is -1.15. The summed E-state index contributed by atoms with van der Waals surface area (Å²) in [5, 5.41) is 3.66. The van der Waals surface area contributed by atoms with Crippen LogP contribution in [0.25, 0.3) is 0 Å². The van der Waals surface area contributed by atoms with Crippen LogP contribution in [-0.4, -0.2) is 17.9 Å². The van der Waals surface area contributed by atoms with Crippen LogP contribution in [0.2, 0.25) is 0 Å². The van der Waals surface area contributed by atoms with Crippen LogP contribution >= 0.6 is 0 Å². The zero-order chi connectivity index (χ0) is 13.2. The summed E-state index contributed by atoms with van der Waals surface area (Å²) >= 11 is 0. The standard InChI is InChI=1S/C17H23NO/c1-2-12-5-3-6-13(9-12)17(19)14-10-15-7-4-8-16(11-14)18-15/h3,5-6,9,14-16,18H,2,4,7-8,10-11H2,1H3. The first-order valence-corrected chi connectivity index (χ1v) is 7.65. The molecule has 19 heavy (non-hydrogen) atoms. The fourth-order valence-corrected chi connectivity index (χ4v) is 3.66. The van der Waals surface area contributed by atoms with Gasteiger partial charge in [-0.2, -0.15) is 0 Å². The Labute approximate surface area is 115 Å². The van der Waals surface area contributed by atoms with Crippen molar-refractivity contribution >= 4 is 5.78 Å². The van der Waals surface area contributed by atoms with Gasteiger partial charge in [-0.3, -0.25) is 4.79 Å². The summed E-state index contributed by atoms with van der Waals surface area (Å²) in [6, 6.07) is 9.35. The smallest absolute Gasteiger partial charge is 0.166 e. The van der Waals surface area contributed by atoms with E-state index < -0.39 is 0 Å². The number of hydrogen-bond donors (Lipinski definition) is 1. The molecule has 2 heterocycles. The maximum absolute atomic E-state index is 12.7. The Morgan fingerprint density at radius 1 is 1.26 bits per heavy atom. The normalized spacial score (nSPS) is 30.1. The van der Waals surface area contributed by atoms with E-state index in [1.54, 1.807) is 0 Å². The minimum atomic E-state index is 0.239. The van der Waals surface area contributed by atoms with Gasteiger partial charge in [0.1, 0.15) is 0 Å². The van der Waals surface area contributed by atoms with E-state index in [4.69, 9.17) is 0 Å². The molecule has 102 valence electrons. The fourth-order valence-electron chi connectivity index (χ4n) is 3.66. The molecule has 0 aliphatic carbocycles. The average Bonchev–Trinajstić information content (AvgIpc) is 2.46. The van der Waals surface area contributed by atoms with Gasteiger partial charge in [0.05, 0.1) is 0 Å². The van der Waals surface area contributed by atoms with Gasteiger partial charge >= 0.3 is 0 Å². The summed E-state index contributed by atoms with van der Waals surface area (Å²) < 4.78 is 0. The fraction of sp³-hybridized carbons (Fsp3) is 0.588. The van der Waals surface area contributed by atoms with Crippen LogP contribution in [0.1, 0.15) is 54.9 Å². The number of carbonyl (C=O) groups excluding carboxylic acids is 1. The first-order chi connectivity index (χ1) is 9.26. The number of Topliss-reactive ketones (excluding diaryl/α,β-unsaturated/α-hetero) is 1. The minimum absolute atomic E-state index is 0.239. The van der Waals surface area contributed by atoms with E-state index in [-0.39, 0.29) is 5.92 Å². The molecular weight excluding hydrogens is 234 g/mol. The predicted molar refractivity (Wildman–Crippen MR) is 77.4 cm³/mol. The van der Waals surface area contributed by atoms with Gasteiger partial charge in [-0.15, -0.1) is 0 Å². The highest BCUT2D eigenvalue weighted by atomic mass is 16.1. The van der Waals surface area contributed by atoms with E-state index >= 15 is 0 Å². The number of aryl methyl sites for hydroxylation is 1. The largest absolute Gasteiger partial charge is 0.311 e. The number of rotatable bonds is 3. The lowest BCUT2D eigenvalue weighted by atomic mass is 9.77.